The minimum absolute atomic E-state index is 0.242. The van der Waals surface area contributed by atoms with Crippen LogP contribution in [0.25, 0.3) is 10.8 Å². The highest BCUT2D eigenvalue weighted by molar-refractivity contribution is 6.08. The molecule has 60 heavy (non-hydrogen) atoms. The molecule has 6 aromatic rings. The van der Waals surface area contributed by atoms with E-state index in [2.05, 4.69) is 51.7 Å². The Hall–Kier alpha value is -6.55. The van der Waals surface area contributed by atoms with E-state index in [0.29, 0.717) is 104 Å². The maximum Gasteiger partial charge on any atom is 0.323 e. The second-order valence-corrected chi connectivity index (χ2v) is 14.5. The zero-order valence-electron chi connectivity index (χ0n) is 34.7. The first kappa shape index (κ1) is 43.0. The molecule has 15 nitrogen and oxygen atoms in total. The summed E-state index contributed by atoms with van der Waals surface area (Å²) < 4.78 is 39.6. The highest BCUT2D eigenvalue weighted by Crippen LogP contribution is 2.40. The molecule has 0 aliphatic carbocycles. The first-order chi connectivity index (χ1) is 29.1. The molecule has 3 N–H and O–H groups in total. The Bertz CT molecular complexity index is 2340. The number of urea groups is 1. The van der Waals surface area contributed by atoms with Gasteiger partial charge in [-0.2, -0.15) is 4.98 Å². The van der Waals surface area contributed by atoms with Gasteiger partial charge in [-0.25, -0.2) is 19.7 Å². The van der Waals surface area contributed by atoms with Crippen molar-refractivity contribution in [1.82, 2.24) is 19.9 Å². The lowest BCUT2D eigenvalue weighted by Crippen LogP contribution is -2.21. The van der Waals surface area contributed by atoms with Crippen molar-refractivity contribution in [2.24, 2.45) is 0 Å². The summed E-state index contributed by atoms with van der Waals surface area (Å²) in [6, 6.07) is 23.8. The van der Waals surface area contributed by atoms with Crippen LogP contribution in [0, 0.1) is 0 Å². The van der Waals surface area contributed by atoms with Crippen LogP contribution < -0.4 is 34.9 Å². The highest BCUT2D eigenvalue weighted by Gasteiger charge is 2.22. The predicted molar refractivity (Wildman–Crippen MR) is 231 cm³/mol. The van der Waals surface area contributed by atoms with E-state index in [0.717, 1.165) is 21.9 Å². The summed E-state index contributed by atoms with van der Waals surface area (Å²) in [7, 11) is 4.79. The third-order valence-corrected chi connectivity index (χ3v) is 9.08. The molecule has 0 spiro atoms. The molecule has 0 bridgehead atoms. The molecule has 0 aliphatic rings. The van der Waals surface area contributed by atoms with Gasteiger partial charge in [0.25, 0.3) is 0 Å². The standard InChI is InChI=1S/C45H51N7O8/c1-45(2,3)31-27-37(49-43-47-15-9-16-48-43)42(56-6)38(28-31)51-44(53)50-36-12-13-39(35-11-8-7-10-34(35)36)60-41-14-17-46-40(52-41)26-30-24-32(55-5)29-33(25-30)59-23-22-58-21-20-57-19-18-54-4/h7-17,24-25,27-29H,18-23,26H2,1-6H3,(H,47,48,49)(H2,50,51,53). The lowest BCUT2D eigenvalue weighted by atomic mass is 9.86. The van der Waals surface area contributed by atoms with Crippen LogP contribution in [0.5, 0.6) is 28.9 Å². The minimum atomic E-state index is -0.459. The van der Waals surface area contributed by atoms with Crippen LogP contribution in [0.3, 0.4) is 0 Å². The van der Waals surface area contributed by atoms with E-state index < -0.39 is 6.03 Å². The normalized spacial score (nSPS) is 11.2. The van der Waals surface area contributed by atoms with Gasteiger partial charge in [-0.1, -0.05) is 45.0 Å². The van der Waals surface area contributed by atoms with Crippen LogP contribution in [0.15, 0.2) is 97.5 Å². The molecule has 0 unspecified atom stereocenters. The summed E-state index contributed by atoms with van der Waals surface area (Å²) in [6.45, 7) is 9.09. The summed E-state index contributed by atoms with van der Waals surface area (Å²) in [5.41, 5.74) is 3.29. The molecular formula is C45H51N7O8. The number of ether oxygens (including phenoxy) is 7. The monoisotopic (exact) mass is 817 g/mol. The lowest BCUT2D eigenvalue weighted by molar-refractivity contribution is 0.0179. The van der Waals surface area contributed by atoms with E-state index in [9.17, 15) is 4.79 Å². The lowest BCUT2D eigenvalue weighted by Gasteiger charge is -2.24. The summed E-state index contributed by atoms with van der Waals surface area (Å²) in [5, 5.41) is 10.8. The van der Waals surface area contributed by atoms with Crippen molar-refractivity contribution in [2.45, 2.75) is 32.6 Å². The molecule has 0 saturated carbocycles. The highest BCUT2D eigenvalue weighted by atomic mass is 16.6. The number of methoxy groups -OCH3 is 3. The molecule has 314 valence electrons. The smallest absolute Gasteiger partial charge is 0.323 e. The summed E-state index contributed by atoms with van der Waals surface area (Å²) in [5.74, 6) is 3.58. The number of nitrogens with zero attached hydrogens (tertiary/aromatic N) is 4. The topological polar surface area (TPSA) is 169 Å². The van der Waals surface area contributed by atoms with Gasteiger partial charge < -0.3 is 49.1 Å². The van der Waals surface area contributed by atoms with Gasteiger partial charge >= 0.3 is 6.03 Å². The fourth-order valence-corrected chi connectivity index (χ4v) is 6.13. The Kier molecular flexibility index (Phi) is 15.0. The number of hydrogen-bond acceptors (Lipinski definition) is 13. The van der Waals surface area contributed by atoms with Crippen LogP contribution in [-0.4, -0.2) is 86.9 Å². The molecule has 0 radical (unpaired) electrons. The van der Waals surface area contributed by atoms with Gasteiger partial charge in [0.05, 0.1) is 64.3 Å². The number of amides is 2. The maximum absolute atomic E-state index is 13.7. The Morgan fingerprint density at radius 3 is 2.10 bits per heavy atom. The zero-order valence-corrected chi connectivity index (χ0v) is 34.7. The number of anilines is 4. The number of carbonyl (C=O) groups is 1. The van der Waals surface area contributed by atoms with E-state index >= 15 is 0 Å². The van der Waals surface area contributed by atoms with E-state index in [1.54, 1.807) is 64.2 Å². The Labute approximate surface area is 349 Å². The minimum Gasteiger partial charge on any atom is -0.497 e. The molecule has 2 aromatic heterocycles. The van der Waals surface area contributed by atoms with Gasteiger partial charge in [-0.3, -0.25) is 0 Å². The van der Waals surface area contributed by atoms with Crippen molar-refractivity contribution in [1.29, 1.82) is 0 Å². The summed E-state index contributed by atoms with van der Waals surface area (Å²) in [6.07, 6.45) is 5.35. The molecule has 0 saturated heterocycles. The van der Waals surface area contributed by atoms with Gasteiger partial charge in [0.1, 0.15) is 29.7 Å². The van der Waals surface area contributed by atoms with Crippen molar-refractivity contribution < 1.29 is 38.0 Å². The van der Waals surface area contributed by atoms with Gasteiger partial charge in [-0.15, -0.1) is 0 Å². The van der Waals surface area contributed by atoms with Gasteiger partial charge in [0.2, 0.25) is 11.8 Å². The van der Waals surface area contributed by atoms with Crippen molar-refractivity contribution in [3.05, 3.63) is 114 Å². The fourth-order valence-electron chi connectivity index (χ4n) is 6.13. The van der Waals surface area contributed by atoms with E-state index in [4.69, 9.17) is 38.1 Å². The summed E-state index contributed by atoms with van der Waals surface area (Å²) >= 11 is 0. The number of rotatable bonds is 20. The Balaban J connectivity index is 1.13. The maximum atomic E-state index is 13.7. The average molecular weight is 818 g/mol. The zero-order chi connectivity index (χ0) is 42.3. The largest absolute Gasteiger partial charge is 0.497 e. The van der Waals surface area contributed by atoms with Gasteiger partial charge in [0.15, 0.2) is 5.75 Å². The fraction of sp³-hybridized carbons (Fsp3) is 0.311. The second kappa shape index (κ2) is 20.9. The average Bonchev–Trinajstić information content (AvgIpc) is 3.24. The molecule has 0 atom stereocenters. The first-order valence-electron chi connectivity index (χ1n) is 19.4. The predicted octanol–water partition coefficient (Wildman–Crippen LogP) is 8.56. The third kappa shape index (κ3) is 12.0. The van der Waals surface area contributed by atoms with Gasteiger partial charge in [-0.05, 0) is 59.0 Å². The number of benzene rings is 4. The molecule has 4 aromatic carbocycles. The van der Waals surface area contributed by atoms with E-state index in [-0.39, 0.29) is 5.41 Å². The van der Waals surface area contributed by atoms with Gasteiger partial charge in [0, 0.05) is 55.0 Å². The summed E-state index contributed by atoms with van der Waals surface area (Å²) in [4.78, 5) is 31.5. The quantitative estimate of drug-likeness (QED) is 0.0627. The van der Waals surface area contributed by atoms with Crippen LogP contribution in [0.2, 0.25) is 0 Å². The number of carbonyl (C=O) groups excluding carboxylic acids is 1. The molecule has 15 heteroatoms. The number of aromatic nitrogens is 4. The molecule has 0 fully saturated rings. The third-order valence-electron chi connectivity index (χ3n) is 9.08. The van der Waals surface area contributed by atoms with Crippen LogP contribution in [0.4, 0.5) is 27.8 Å². The SMILES string of the molecule is COCCOCCOCCOc1cc(Cc2nccc(Oc3ccc(NC(=O)Nc4cc(C(C)(C)C)cc(Nc5ncccn5)c4OC)c4ccccc34)n2)cc(OC)c1. The number of hydrogen-bond donors (Lipinski definition) is 3. The van der Waals surface area contributed by atoms with Crippen molar-refractivity contribution in [3.8, 4) is 28.9 Å². The second-order valence-electron chi connectivity index (χ2n) is 14.5. The molecule has 2 amide bonds. The van der Waals surface area contributed by atoms with E-state index in [1.807, 2.05) is 54.6 Å². The molecule has 0 aliphatic heterocycles. The van der Waals surface area contributed by atoms with Crippen LogP contribution in [-0.2, 0) is 26.0 Å². The van der Waals surface area contributed by atoms with E-state index in [1.165, 1.54) is 0 Å². The van der Waals surface area contributed by atoms with Crippen LogP contribution >= 0.6 is 0 Å². The Morgan fingerprint density at radius 1 is 0.667 bits per heavy atom. The van der Waals surface area contributed by atoms with Crippen molar-refractivity contribution >= 4 is 39.8 Å². The number of nitrogens with one attached hydrogen (secondary N) is 3. The van der Waals surface area contributed by atoms with Crippen molar-refractivity contribution in [3.63, 3.8) is 0 Å². The van der Waals surface area contributed by atoms with Crippen LogP contribution in [0.1, 0.15) is 37.7 Å². The first-order valence-corrected chi connectivity index (χ1v) is 19.4. The van der Waals surface area contributed by atoms with Crippen molar-refractivity contribution in [2.75, 3.05) is 76.9 Å². The molecular weight excluding hydrogens is 767 g/mol. The molecule has 2 heterocycles. The Morgan fingerprint density at radius 2 is 1.37 bits per heavy atom. The number of fused-ring (bicyclic) bond motifs is 1. The molecule has 6 rings (SSSR count).